The van der Waals surface area contributed by atoms with E-state index in [0.29, 0.717) is 6.61 Å². The molecule has 1 fully saturated rings. The highest BCUT2D eigenvalue weighted by Gasteiger charge is 2.19. The van der Waals surface area contributed by atoms with Crippen molar-refractivity contribution in [2.75, 3.05) is 26.2 Å². The van der Waals surface area contributed by atoms with Gasteiger partial charge >= 0.3 is 0 Å². The number of aliphatic hydroxyl groups is 1. The van der Waals surface area contributed by atoms with Crippen LogP contribution in [0.25, 0.3) is 0 Å². The van der Waals surface area contributed by atoms with Crippen molar-refractivity contribution in [1.29, 1.82) is 0 Å². The number of ether oxygens (including phenoxy) is 1. The van der Waals surface area contributed by atoms with Gasteiger partial charge in [0.15, 0.2) is 0 Å². The molecule has 0 aliphatic carbocycles. The molecule has 94 valence electrons. The molecule has 2 rings (SSSR count). The Labute approximate surface area is 103 Å². The standard InChI is InChI=1S/C14H21NO2/c1-12-6-2-3-7-14(12)17-11-13(16)10-15-8-4-5-9-15/h2-3,6-7,13,16H,4-5,8-11H2,1H3/p+1/t13-/m1/s1. The summed E-state index contributed by atoms with van der Waals surface area (Å²) >= 11 is 0. The van der Waals surface area contributed by atoms with Crippen molar-refractivity contribution in [3.63, 3.8) is 0 Å². The van der Waals surface area contributed by atoms with Crippen LogP contribution in [0.2, 0.25) is 0 Å². The summed E-state index contributed by atoms with van der Waals surface area (Å²) < 4.78 is 5.65. The SMILES string of the molecule is Cc1ccccc1OC[C@H](O)C[NH+]1CCCC1. The van der Waals surface area contributed by atoms with E-state index in [9.17, 15) is 5.11 Å². The topological polar surface area (TPSA) is 33.9 Å². The number of quaternary nitrogens is 1. The average Bonchev–Trinajstić information content (AvgIpc) is 2.81. The van der Waals surface area contributed by atoms with Crippen LogP contribution in [0, 0.1) is 6.92 Å². The fourth-order valence-corrected chi connectivity index (χ4v) is 2.38. The van der Waals surface area contributed by atoms with Crippen LogP contribution in [0.1, 0.15) is 18.4 Å². The maximum atomic E-state index is 9.92. The molecule has 3 heteroatoms. The minimum atomic E-state index is -0.359. The lowest BCUT2D eigenvalue weighted by molar-refractivity contribution is -0.890. The third kappa shape index (κ3) is 3.72. The number of hydrogen-bond acceptors (Lipinski definition) is 2. The number of likely N-dealkylation sites (tertiary alicyclic amines) is 1. The Kier molecular flexibility index (Phi) is 4.40. The predicted molar refractivity (Wildman–Crippen MR) is 67.5 cm³/mol. The molecular formula is C14H22NO2+. The molecule has 0 bridgehead atoms. The van der Waals surface area contributed by atoms with Crippen LogP contribution in [0.4, 0.5) is 0 Å². The molecule has 2 N–H and O–H groups in total. The molecule has 0 saturated carbocycles. The van der Waals surface area contributed by atoms with Gasteiger partial charge in [0.05, 0.1) is 13.1 Å². The molecule has 1 aromatic carbocycles. The summed E-state index contributed by atoms with van der Waals surface area (Å²) in [5.41, 5.74) is 1.12. The molecule has 17 heavy (non-hydrogen) atoms. The first-order valence-corrected chi connectivity index (χ1v) is 6.46. The normalized spacial score (nSPS) is 18.2. The number of hydrogen-bond donors (Lipinski definition) is 2. The zero-order chi connectivity index (χ0) is 12.1. The zero-order valence-corrected chi connectivity index (χ0v) is 10.5. The van der Waals surface area contributed by atoms with Gasteiger partial charge in [0.2, 0.25) is 0 Å². The van der Waals surface area contributed by atoms with Crippen molar-refractivity contribution >= 4 is 0 Å². The Morgan fingerprint density at radius 1 is 1.29 bits per heavy atom. The van der Waals surface area contributed by atoms with E-state index >= 15 is 0 Å². The summed E-state index contributed by atoms with van der Waals surface area (Å²) in [6.07, 6.45) is 2.23. The Morgan fingerprint density at radius 3 is 2.71 bits per heavy atom. The second-order valence-electron chi connectivity index (χ2n) is 4.89. The third-order valence-electron chi connectivity index (χ3n) is 3.36. The van der Waals surface area contributed by atoms with Crippen molar-refractivity contribution in [2.24, 2.45) is 0 Å². The van der Waals surface area contributed by atoms with Crippen molar-refractivity contribution in [2.45, 2.75) is 25.9 Å². The zero-order valence-electron chi connectivity index (χ0n) is 10.5. The highest BCUT2D eigenvalue weighted by Crippen LogP contribution is 2.15. The van der Waals surface area contributed by atoms with E-state index in [1.807, 2.05) is 31.2 Å². The van der Waals surface area contributed by atoms with E-state index in [4.69, 9.17) is 4.74 Å². The maximum absolute atomic E-state index is 9.92. The predicted octanol–water partition coefficient (Wildman–Crippen LogP) is 0.413. The van der Waals surface area contributed by atoms with E-state index in [1.54, 1.807) is 0 Å². The Hall–Kier alpha value is -1.06. The number of rotatable bonds is 5. The lowest BCUT2D eigenvalue weighted by atomic mass is 10.2. The highest BCUT2D eigenvalue weighted by atomic mass is 16.5. The summed E-state index contributed by atoms with van der Waals surface area (Å²) in [5, 5.41) is 9.92. The summed E-state index contributed by atoms with van der Waals surface area (Å²) in [5.74, 6) is 0.878. The summed E-state index contributed by atoms with van der Waals surface area (Å²) in [4.78, 5) is 1.51. The van der Waals surface area contributed by atoms with Gasteiger partial charge in [-0.15, -0.1) is 0 Å². The summed E-state index contributed by atoms with van der Waals surface area (Å²) in [6, 6.07) is 7.92. The molecule has 0 radical (unpaired) electrons. The summed E-state index contributed by atoms with van der Waals surface area (Å²) in [7, 11) is 0. The molecule has 0 unspecified atom stereocenters. The van der Waals surface area contributed by atoms with Gasteiger partial charge in [-0.2, -0.15) is 0 Å². The third-order valence-corrected chi connectivity index (χ3v) is 3.36. The molecule has 1 heterocycles. The minimum Gasteiger partial charge on any atom is -0.490 e. The Morgan fingerprint density at radius 2 is 2.00 bits per heavy atom. The first-order chi connectivity index (χ1) is 8.25. The molecule has 0 aromatic heterocycles. The van der Waals surface area contributed by atoms with Crippen molar-refractivity contribution < 1.29 is 14.7 Å². The Balaban J connectivity index is 1.75. The van der Waals surface area contributed by atoms with Crippen molar-refractivity contribution in [3.8, 4) is 5.75 Å². The summed E-state index contributed by atoms with van der Waals surface area (Å²) in [6.45, 7) is 5.62. The van der Waals surface area contributed by atoms with Crippen molar-refractivity contribution in [3.05, 3.63) is 29.8 Å². The van der Waals surface area contributed by atoms with Gasteiger partial charge in [0, 0.05) is 12.8 Å². The smallest absolute Gasteiger partial charge is 0.137 e. The number of benzene rings is 1. The van der Waals surface area contributed by atoms with Crippen LogP contribution in [0.3, 0.4) is 0 Å². The van der Waals surface area contributed by atoms with Gasteiger partial charge in [0.1, 0.15) is 25.0 Å². The van der Waals surface area contributed by atoms with E-state index in [0.717, 1.165) is 17.9 Å². The van der Waals surface area contributed by atoms with Crippen LogP contribution < -0.4 is 9.64 Å². The van der Waals surface area contributed by atoms with E-state index in [1.165, 1.54) is 30.8 Å². The second kappa shape index (κ2) is 6.03. The Bertz CT molecular complexity index is 348. The second-order valence-corrected chi connectivity index (χ2v) is 4.89. The monoisotopic (exact) mass is 236 g/mol. The molecule has 1 aromatic rings. The minimum absolute atomic E-state index is 0.359. The number of aliphatic hydroxyl groups excluding tert-OH is 1. The number of para-hydroxylation sites is 1. The quantitative estimate of drug-likeness (QED) is 0.776. The van der Waals surface area contributed by atoms with Crippen LogP contribution >= 0.6 is 0 Å². The van der Waals surface area contributed by atoms with Gasteiger partial charge in [-0.25, -0.2) is 0 Å². The van der Waals surface area contributed by atoms with Crippen LogP contribution in [0.15, 0.2) is 24.3 Å². The molecule has 1 aliphatic rings. The van der Waals surface area contributed by atoms with Crippen molar-refractivity contribution in [1.82, 2.24) is 0 Å². The van der Waals surface area contributed by atoms with Gasteiger partial charge in [-0.3, -0.25) is 0 Å². The maximum Gasteiger partial charge on any atom is 0.137 e. The lowest BCUT2D eigenvalue weighted by Gasteiger charge is -2.17. The van der Waals surface area contributed by atoms with E-state index in [2.05, 4.69) is 0 Å². The largest absolute Gasteiger partial charge is 0.490 e. The fourth-order valence-electron chi connectivity index (χ4n) is 2.38. The lowest BCUT2D eigenvalue weighted by Crippen LogP contribution is -3.11. The molecule has 0 spiro atoms. The molecule has 0 amide bonds. The van der Waals surface area contributed by atoms with Crippen LogP contribution in [-0.4, -0.2) is 37.5 Å². The molecule has 1 saturated heterocycles. The van der Waals surface area contributed by atoms with Gasteiger partial charge in [0.25, 0.3) is 0 Å². The van der Waals surface area contributed by atoms with Gasteiger partial charge in [-0.1, -0.05) is 18.2 Å². The van der Waals surface area contributed by atoms with Crippen LogP contribution in [-0.2, 0) is 0 Å². The fraction of sp³-hybridized carbons (Fsp3) is 0.571. The molecule has 1 atom stereocenters. The first kappa shape index (κ1) is 12.4. The average molecular weight is 236 g/mol. The van der Waals surface area contributed by atoms with Gasteiger partial charge < -0.3 is 14.7 Å². The first-order valence-electron chi connectivity index (χ1n) is 6.46. The highest BCUT2D eigenvalue weighted by molar-refractivity contribution is 5.31. The van der Waals surface area contributed by atoms with Crippen LogP contribution in [0.5, 0.6) is 5.75 Å². The van der Waals surface area contributed by atoms with E-state index in [-0.39, 0.29) is 6.10 Å². The molecular weight excluding hydrogens is 214 g/mol. The number of nitrogens with one attached hydrogen (secondary N) is 1. The van der Waals surface area contributed by atoms with E-state index < -0.39 is 0 Å². The molecule has 1 aliphatic heterocycles. The molecule has 3 nitrogen and oxygen atoms in total. The van der Waals surface area contributed by atoms with Gasteiger partial charge in [-0.05, 0) is 18.6 Å². The number of aryl methyl sites for hydroxylation is 1.